The fourth-order valence-electron chi connectivity index (χ4n) is 4.19. The molecule has 1 atom stereocenters. The Bertz CT molecular complexity index is 1360. The summed E-state index contributed by atoms with van der Waals surface area (Å²) in [4.78, 5) is 23.7. The first-order valence-corrected chi connectivity index (χ1v) is 12.0. The number of hydrogen-bond acceptors (Lipinski definition) is 7. The van der Waals surface area contributed by atoms with Crippen molar-refractivity contribution in [1.29, 1.82) is 0 Å². The second-order valence-electron chi connectivity index (χ2n) is 8.43. The highest BCUT2D eigenvalue weighted by atomic mass is 79.9. The van der Waals surface area contributed by atoms with Crippen LogP contribution in [0.5, 0.6) is 11.5 Å². The number of aromatic nitrogens is 4. The molecule has 2 amide bonds. The molecule has 4 aromatic rings. The third-order valence-corrected chi connectivity index (χ3v) is 6.56. The molecule has 35 heavy (non-hydrogen) atoms. The maximum Gasteiger partial charge on any atom is 0.321 e. The van der Waals surface area contributed by atoms with Crippen molar-refractivity contribution in [3.05, 3.63) is 70.7 Å². The number of likely N-dealkylation sites (tertiary alicyclic amines) is 1. The normalized spacial score (nSPS) is 15.8. The van der Waals surface area contributed by atoms with E-state index in [2.05, 4.69) is 36.6 Å². The van der Waals surface area contributed by atoms with Gasteiger partial charge in [0.25, 0.3) is 0 Å². The highest BCUT2D eigenvalue weighted by Gasteiger charge is 2.27. The zero-order valence-corrected chi connectivity index (χ0v) is 20.3. The minimum atomic E-state index is -0.283. The van der Waals surface area contributed by atoms with Gasteiger partial charge in [-0.05, 0) is 52.5 Å². The van der Waals surface area contributed by atoms with Crippen LogP contribution in [0.25, 0.3) is 5.65 Å². The molecule has 5 rings (SSSR count). The van der Waals surface area contributed by atoms with Gasteiger partial charge in [0.1, 0.15) is 5.82 Å². The van der Waals surface area contributed by atoms with Crippen LogP contribution in [0, 0.1) is 0 Å². The van der Waals surface area contributed by atoms with Crippen molar-refractivity contribution < 1.29 is 15.0 Å². The van der Waals surface area contributed by atoms with E-state index in [0.29, 0.717) is 31.0 Å². The van der Waals surface area contributed by atoms with E-state index in [1.807, 2.05) is 24.4 Å². The Morgan fingerprint density at radius 1 is 1.17 bits per heavy atom. The Labute approximate surface area is 209 Å². The molecule has 11 heteroatoms. The minimum absolute atomic E-state index is 0.0495. The number of fused-ring (bicyclic) bond motifs is 1. The van der Waals surface area contributed by atoms with Gasteiger partial charge in [0.05, 0.1) is 16.4 Å². The zero-order chi connectivity index (χ0) is 24.4. The first kappa shape index (κ1) is 22.9. The van der Waals surface area contributed by atoms with Crippen LogP contribution < -0.4 is 10.6 Å². The number of nitrogens with one attached hydrogen (secondary N) is 2. The number of phenolic OH excluding ortho intramolecular Hbond substituents is 2. The number of rotatable bonds is 5. The number of halogens is 1. The number of pyridine rings is 1. The summed E-state index contributed by atoms with van der Waals surface area (Å²) in [5.74, 6) is 0.338. The molecule has 3 aromatic heterocycles. The van der Waals surface area contributed by atoms with Crippen molar-refractivity contribution >= 4 is 39.1 Å². The third kappa shape index (κ3) is 4.99. The van der Waals surface area contributed by atoms with Crippen molar-refractivity contribution in [3.8, 4) is 11.5 Å². The molecule has 4 N–H and O–H groups in total. The minimum Gasteiger partial charge on any atom is -0.504 e. The van der Waals surface area contributed by atoms with E-state index < -0.39 is 0 Å². The monoisotopic (exact) mass is 537 g/mol. The number of carbonyl (C=O) groups is 1. The number of carbonyl (C=O) groups excluding carboxylic acids is 1. The number of anilines is 2. The Morgan fingerprint density at radius 3 is 2.86 bits per heavy atom. The van der Waals surface area contributed by atoms with Crippen molar-refractivity contribution in [1.82, 2.24) is 24.5 Å². The van der Waals surface area contributed by atoms with E-state index in [0.717, 1.165) is 34.4 Å². The molecule has 0 aliphatic carbocycles. The molecule has 10 nitrogen and oxygen atoms in total. The highest BCUT2D eigenvalue weighted by molar-refractivity contribution is 9.10. The average molecular weight is 538 g/mol. The van der Waals surface area contributed by atoms with Gasteiger partial charge in [0, 0.05) is 55.8 Å². The maximum absolute atomic E-state index is 12.9. The molecule has 0 spiro atoms. The van der Waals surface area contributed by atoms with Crippen LogP contribution in [0.4, 0.5) is 16.3 Å². The molecule has 1 aliphatic rings. The van der Waals surface area contributed by atoms with Crippen molar-refractivity contribution in [2.24, 2.45) is 0 Å². The van der Waals surface area contributed by atoms with Gasteiger partial charge in [-0.2, -0.15) is 9.61 Å². The third-order valence-electron chi connectivity index (χ3n) is 6.00. The van der Waals surface area contributed by atoms with Gasteiger partial charge >= 0.3 is 6.03 Å². The molecule has 4 heterocycles. The van der Waals surface area contributed by atoms with E-state index in [-0.39, 0.29) is 23.4 Å². The van der Waals surface area contributed by atoms with E-state index in [4.69, 9.17) is 4.98 Å². The molecule has 1 fully saturated rings. The van der Waals surface area contributed by atoms with Crippen molar-refractivity contribution in [2.75, 3.05) is 23.7 Å². The van der Waals surface area contributed by atoms with Crippen LogP contribution in [0.2, 0.25) is 0 Å². The van der Waals surface area contributed by atoms with Crippen LogP contribution in [-0.4, -0.2) is 53.8 Å². The largest absolute Gasteiger partial charge is 0.504 e. The Kier molecular flexibility index (Phi) is 6.41. The number of hydrogen-bond donors (Lipinski definition) is 4. The van der Waals surface area contributed by atoms with Gasteiger partial charge in [0.15, 0.2) is 17.1 Å². The Hall–Kier alpha value is -3.86. The van der Waals surface area contributed by atoms with Gasteiger partial charge < -0.3 is 25.7 Å². The van der Waals surface area contributed by atoms with Gasteiger partial charge in [-0.3, -0.25) is 4.98 Å². The topological polar surface area (TPSA) is 128 Å². The molecular formula is C24H24BrN7O3. The number of urea groups is 1. The maximum atomic E-state index is 12.9. The fourth-order valence-corrected chi connectivity index (χ4v) is 4.54. The predicted octanol–water partition coefficient (Wildman–Crippen LogP) is 4.32. The van der Waals surface area contributed by atoms with Crippen LogP contribution in [-0.2, 0) is 6.54 Å². The molecule has 180 valence electrons. The van der Waals surface area contributed by atoms with E-state index in [1.165, 1.54) is 12.1 Å². The number of nitrogens with zero attached hydrogens (tertiary/aromatic N) is 5. The summed E-state index contributed by atoms with van der Waals surface area (Å²) in [6, 6.07) is 9.84. The molecule has 0 bridgehead atoms. The lowest BCUT2D eigenvalue weighted by Gasteiger charge is -2.32. The number of benzene rings is 1. The number of aromatic hydroxyl groups is 2. The molecular weight excluding hydrogens is 514 g/mol. The van der Waals surface area contributed by atoms with Gasteiger partial charge in [0.2, 0.25) is 0 Å². The second-order valence-corrected chi connectivity index (χ2v) is 9.28. The van der Waals surface area contributed by atoms with E-state index in [9.17, 15) is 15.0 Å². The average Bonchev–Trinajstić information content (AvgIpc) is 3.26. The van der Waals surface area contributed by atoms with Gasteiger partial charge in [-0.1, -0.05) is 6.07 Å². The zero-order valence-electron chi connectivity index (χ0n) is 18.7. The van der Waals surface area contributed by atoms with E-state index in [1.54, 1.807) is 27.9 Å². The first-order valence-electron chi connectivity index (χ1n) is 11.2. The van der Waals surface area contributed by atoms with Gasteiger partial charge in [-0.15, -0.1) is 0 Å². The number of amides is 2. The molecule has 1 aromatic carbocycles. The molecule has 0 saturated carbocycles. The fraction of sp³-hybridized carbons (Fsp3) is 0.250. The summed E-state index contributed by atoms with van der Waals surface area (Å²) in [5.41, 5.74) is 3.05. The van der Waals surface area contributed by atoms with Crippen LogP contribution >= 0.6 is 15.9 Å². The van der Waals surface area contributed by atoms with Crippen molar-refractivity contribution in [2.45, 2.75) is 25.3 Å². The lowest BCUT2D eigenvalue weighted by atomic mass is 9.94. The SMILES string of the molecule is O=C(Nc1ccc(O)c(O)c1)N1CCCC(c2cc(NCc3cccnc3)n3ncc(Br)c3n2)C1. The molecule has 1 aliphatic heterocycles. The standard InChI is InChI=1S/C24H24BrN7O3/c25-18-13-28-32-22(27-12-15-3-1-7-26-11-15)10-19(30-23(18)32)16-4-2-8-31(14-16)24(35)29-17-5-6-20(33)21(34)9-17/h1,3,5-7,9-11,13,16,27,33-34H,2,4,8,12,14H2,(H,29,35). The summed E-state index contributed by atoms with van der Waals surface area (Å²) >= 11 is 3.54. The summed E-state index contributed by atoms with van der Waals surface area (Å²) in [7, 11) is 0. The summed E-state index contributed by atoms with van der Waals surface area (Å²) < 4.78 is 2.55. The van der Waals surface area contributed by atoms with Crippen LogP contribution in [0.3, 0.4) is 0 Å². The quantitative estimate of drug-likeness (QED) is 0.220. The van der Waals surface area contributed by atoms with Crippen molar-refractivity contribution in [3.63, 3.8) is 0 Å². The number of piperidine rings is 1. The summed E-state index contributed by atoms with van der Waals surface area (Å²) in [5, 5.41) is 29.9. The Balaban J connectivity index is 1.35. The summed E-state index contributed by atoms with van der Waals surface area (Å²) in [6.07, 6.45) is 7.02. The van der Waals surface area contributed by atoms with E-state index >= 15 is 0 Å². The van der Waals surface area contributed by atoms with Gasteiger partial charge in [-0.25, -0.2) is 9.78 Å². The first-order chi connectivity index (χ1) is 17.0. The molecule has 0 radical (unpaired) electrons. The highest BCUT2D eigenvalue weighted by Crippen LogP contribution is 2.31. The van der Waals surface area contributed by atoms with Crippen LogP contribution in [0.15, 0.2) is 59.5 Å². The van der Waals surface area contributed by atoms with Crippen LogP contribution in [0.1, 0.15) is 30.0 Å². The smallest absolute Gasteiger partial charge is 0.321 e. The lowest BCUT2D eigenvalue weighted by Crippen LogP contribution is -2.41. The summed E-state index contributed by atoms with van der Waals surface area (Å²) in [6.45, 7) is 1.71. The molecule has 1 saturated heterocycles. The number of phenols is 2. The predicted molar refractivity (Wildman–Crippen MR) is 135 cm³/mol. The Morgan fingerprint density at radius 2 is 2.06 bits per heavy atom. The molecule has 1 unspecified atom stereocenters. The lowest BCUT2D eigenvalue weighted by molar-refractivity contribution is 0.192. The second kappa shape index (κ2) is 9.79.